The normalized spacial score (nSPS) is 12.3. The lowest BCUT2D eigenvalue weighted by Crippen LogP contribution is -2.44. The Morgan fingerprint density at radius 2 is 1.82 bits per heavy atom. The maximum absolute atomic E-state index is 13.3. The van der Waals surface area contributed by atoms with Crippen molar-refractivity contribution in [2.24, 2.45) is 0 Å². The van der Waals surface area contributed by atoms with Crippen molar-refractivity contribution >= 4 is 21.6 Å². The monoisotopic (exact) mass is 406 g/mol. The minimum Gasteiger partial charge on any atom is -0.495 e. The predicted octanol–water partition coefficient (Wildman–Crippen LogP) is 2.35. The van der Waals surface area contributed by atoms with E-state index in [0.717, 1.165) is 9.87 Å². The van der Waals surface area contributed by atoms with Crippen molar-refractivity contribution < 1.29 is 22.7 Å². The van der Waals surface area contributed by atoms with Crippen LogP contribution in [0.25, 0.3) is 0 Å². The molecule has 0 aromatic heterocycles. The van der Waals surface area contributed by atoms with Gasteiger partial charge >= 0.3 is 0 Å². The Morgan fingerprint density at radius 3 is 2.43 bits per heavy atom. The van der Waals surface area contributed by atoms with E-state index < -0.39 is 15.9 Å². The lowest BCUT2D eigenvalue weighted by Gasteiger charge is -2.26. The van der Waals surface area contributed by atoms with E-state index in [1.54, 1.807) is 37.3 Å². The van der Waals surface area contributed by atoms with E-state index in [1.807, 2.05) is 13.0 Å². The van der Waals surface area contributed by atoms with Crippen molar-refractivity contribution in [1.29, 1.82) is 0 Å². The molecular weight excluding hydrogens is 380 g/mol. The van der Waals surface area contributed by atoms with E-state index >= 15 is 0 Å². The number of hydrogen-bond donors (Lipinski definition) is 1. The van der Waals surface area contributed by atoms with Crippen LogP contribution in [0.2, 0.25) is 0 Å². The first kappa shape index (κ1) is 21.7. The largest absolute Gasteiger partial charge is 0.495 e. The summed E-state index contributed by atoms with van der Waals surface area (Å²) >= 11 is 0. The van der Waals surface area contributed by atoms with Crippen LogP contribution in [0.4, 0.5) is 5.69 Å². The number of benzene rings is 2. The Hall–Kier alpha value is -2.58. The number of amides is 1. The molecule has 0 heterocycles. The van der Waals surface area contributed by atoms with Gasteiger partial charge < -0.3 is 14.8 Å². The summed E-state index contributed by atoms with van der Waals surface area (Å²) in [5.74, 6) is -0.0736. The Bertz CT molecular complexity index is 900. The summed E-state index contributed by atoms with van der Waals surface area (Å²) < 4.78 is 38.1. The first-order valence-electron chi connectivity index (χ1n) is 8.80. The SMILES string of the molecule is COC[C@@H](C)NC(=O)CN(c1cc(C)ccc1OC)S(=O)(=O)c1ccccc1. The predicted molar refractivity (Wildman–Crippen MR) is 108 cm³/mol. The van der Waals surface area contributed by atoms with E-state index in [-0.39, 0.29) is 17.5 Å². The number of rotatable bonds is 9. The molecule has 1 N–H and O–H groups in total. The molecular formula is C20H26N2O5S. The average molecular weight is 407 g/mol. The molecule has 152 valence electrons. The van der Waals surface area contributed by atoms with Crippen LogP contribution in [0.3, 0.4) is 0 Å². The molecule has 2 aromatic rings. The van der Waals surface area contributed by atoms with Crippen molar-refractivity contribution in [2.45, 2.75) is 24.8 Å². The van der Waals surface area contributed by atoms with Gasteiger partial charge in [-0.2, -0.15) is 0 Å². The number of anilines is 1. The molecule has 28 heavy (non-hydrogen) atoms. The summed E-state index contributed by atoms with van der Waals surface area (Å²) in [6, 6.07) is 12.9. The Morgan fingerprint density at radius 1 is 1.14 bits per heavy atom. The summed E-state index contributed by atoms with van der Waals surface area (Å²) in [5.41, 5.74) is 1.15. The molecule has 8 heteroatoms. The molecule has 2 aromatic carbocycles. The third-order valence-corrected chi connectivity index (χ3v) is 5.82. The van der Waals surface area contributed by atoms with E-state index in [2.05, 4.69) is 5.32 Å². The van der Waals surface area contributed by atoms with Crippen LogP contribution in [0.1, 0.15) is 12.5 Å². The van der Waals surface area contributed by atoms with E-state index in [4.69, 9.17) is 9.47 Å². The summed E-state index contributed by atoms with van der Waals surface area (Å²) in [5, 5.41) is 2.75. The second-order valence-corrected chi connectivity index (χ2v) is 8.29. The van der Waals surface area contributed by atoms with Gasteiger partial charge in [-0.1, -0.05) is 24.3 Å². The molecule has 0 aliphatic heterocycles. The van der Waals surface area contributed by atoms with Gasteiger partial charge in [0.1, 0.15) is 12.3 Å². The fraction of sp³-hybridized carbons (Fsp3) is 0.350. The highest BCUT2D eigenvalue weighted by Gasteiger charge is 2.29. The molecule has 0 aliphatic carbocycles. The molecule has 2 rings (SSSR count). The molecule has 7 nitrogen and oxygen atoms in total. The summed E-state index contributed by atoms with van der Waals surface area (Å²) in [6.07, 6.45) is 0. The highest BCUT2D eigenvalue weighted by molar-refractivity contribution is 7.92. The van der Waals surface area contributed by atoms with Crippen LogP contribution in [0.15, 0.2) is 53.4 Å². The van der Waals surface area contributed by atoms with Gasteiger partial charge in [0.05, 0.1) is 24.3 Å². The summed E-state index contributed by atoms with van der Waals surface area (Å²) in [6.45, 7) is 3.57. The Labute approximate surface area is 166 Å². The van der Waals surface area contributed by atoms with Crippen LogP contribution in [-0.2, 0) is 19.6 Å². The average Bonchev–Trinajstić information content (AvgIpc) is 2.66. The molecule has 0 fully saturated rings. The fourth-order valence-electron chi connectivity index (χ4n) is 2.76. The van der Waals surface area contributed by atoms with Crippen molar-refractivity contribution in [2.75, 3.05) is 31.7 Å². The zero-order valence-corrected chi connectivity index (χ0v) is 17.3. The van der Waals surface area contributed by atoms with Gasteiger partial charge in [0.2, 0.25) is 5.91 Å². The Kier molecular flexibility index (Phi) is 7.42. The maximum atomic E-state index is 13.3. The third-order valence-electron chi connectivity index (χ3n) is 4.05. The van der Waals surface area contributed by atoms with Gasteiger partial charge in [-0.25, -0.2) is 8.42 Å². The minimum absolute atomic E-state index is 0.0938. The number of methoxy groups -OCH3 is 2. The van der Waals surface area contributed by atoms with E-state index in [0.29, 0.717) is 18.0 Å². The first-order chi connectivity index (χ1) is 13.3. The number of hydrogen-bond acceptors (Lipinski definition) is 5. The standard InChI is InChI=1S/C20H26N2O5S/c1-15-10-11-19(27-4)18(12-15)22(13-20(23)21-16(2)14-26-3)28(24,25)17-8-6-5-7-9-17/h5-12,16H,13-14H2,1-4H3,(H,21,23)/t16-/m1/s1. The second-order valence-electron chi connectivity index (χ2n) is 6.42. The molecule has 0 spiro atoms. The third kappa shape index (κ3) is 5.24. The van der Waals surface area contributed by atoms with Crippen molar-refractivity contribution in [3.8, 4) is 5.75 Å². The van der Waals surface area contributed by atoms with Crippen molar-refractivity contribution in [3.63, 3.8) is 0 Å². The van der Waals surface area contributed by atoms with Crippen LogP contribution in [0, 0.1) is 6.92 Å². The van der Waals surface area contributed by atoms with Gasteiger partial charge in [0.15, 0.2) is 0 Å². The lowest BCUT2D eigenvalue weighted by atomic mass is 10.2. The van der Waals surface area contributed by atoms with E-state index in [9.17, 15) is 13.2 Å². The number of aryl methyl sites for hydroxylation is 1. The molecule has 0 unspecified atom stereocenters. The number of sulfonamides is 1. The quantitative estimate of drug-likeness (QED) is 0.691. The van der Waals surface area contributed by atoms with Crippen LogP contribution in [0.5, 0.6) is 5.75 Å². The fourth-order valence-corrected chi connectivity index (χ4v) is 4.20. The van der Waals surface area contributed by atoms with Crippen LogP contribution >= 0.6 is 0 Å². The number of carbonyl (C=O) groups excluding carboxylic acids is 1. The van der Waals surface area contributed by atoms with E-state index in [1.165, 1.54) is 26.4 Å². The molecule has 1 atom stereocenters. The number of nitrogens with one attached hydrogen (secondary N) is 1. The minimum atomic E-state index is -3.99. The molecule has 1 amide bonds. The van der Waals surface area contributed by atoms with Crippen LogP contribution < -0.4 is 14.4 Å². The summed E-state index contributed by atoms with van der Waals surface area (Å²) in [4.78, 5) is 12.7. The lowest BCUT2D eigenvalue weighted by molar-refractivity contribution is -0.120. The topological polar surface area (TPSA) is 84.9 Å². The molecule has 0 radical (unpaired) electrons. The molecule has 0 saturated heterocycles. The van der Waals surface area contributed by atoms with Gasteiger partial charge in [-0.3, -0.25) is 9.10 Å². The molecule has 0 aliphatic rings. The maximum Gasteiger partial charge on any atom is 0.264 e. The first-order valence-corrected chi connectivity index (χ1v) is 10.2. The van der Waals surface area contributed by atoms with Gasteiger partial charge in [-0.05, 0) is 43.7 Å². The molecule has 0 bridgehead atoms. The van der Waals surface area contributed by atoms with Crippen molar-refractivity contribution in [3.05, 3.63) is 54.1 Å². The zero-order valence-electron chi connectivity index (χ0n) is 16.5. The van der Waals surface area contributed by atoms with Crippen molar-refractivity contribution in [1.82, 2.24) is 5.32 Å². The highest BCUT2D eigenvalue weighted by Crippen LogP contribution is 2.33. The van der Waals surface area contributed by atoms with Gasteiger partial charge in [0.25, 0.3) is 10.0 Å². The van der Waals surface area contributed by atoms with Gasteiger partial charge in [-0.15, -0.1) is 0 Å². The summed E-state index contributed by atoms with van der Waals surface area (Å²) in [7, 11) is -0.991. The number of carbonyl (C=O) groups is 1. The zero-order chi connectivity index (χ0) is 20.7. The smallest absolute Gasteiger partial charge is 0.264 e. The molecule has 0 saturated carbocycles. The highest BCUT2D eigenvalue weighted by atomic mass is 32.2. The Balaban J connectivity index is 2.48. The van der Waals surface area contributed by atoms with Gasteiger partial charge in [0, 0.05) is 13.2 Å². The van der Waals surface area contributed by atoms with Crippen LogP contribution in [-0.4, -0.2) is 47.7 Å². The second kappa shape index (κ2) is 9.57. The number of nitrogens with zero attached hydrogens (tertiary/aromatic N) is 1. The number of ether oxygens (including phenoxy) is 2.